The van der Waals surface area contributed by atoms with Gasteiger partial charge in [0.25, 0.3) is 0 Å². The minimum Gasteiger partial charge on any atom is -0.453 e. The Balaban J connectivity index is 0.953. The Labute approximate surface area is 379 Å². The molecule has 0 bridgehead atoms. The zero-order chi connectivity index (χ0) is 47.0. The number of amides is 4. The molecule has 2 saturated heterocycles. The fourth-order valence-corrected chi connectivity index (χ4v) is 10.3. The Bertz CT molecular complexity index is 2670. The molecule has 4 aromatic rings. The SMILES string of the molecule is COC(=O)NC(C(=O)N1CC2(CC2)CC1c1ncc(-c2ccc3c(c2)C(F)(F)C(F)(F)C2=C3C=CC(c3ccc4nc(C5CCCN5C(=O)[C@@H](NC(=O)OC)C(C)C)[nH]c4c3)C2)[nH]1)C(C)C. The number of H-pyrrole nitrogens is 2. The van der Waals surface area contributed by atoms with Gasteiger partial charge in [-0.05, 0) is 90.7 Å². The van der Waals surface area contributed by atoms with Crippen molar-refractivity contribution in [3.8, 4) is 11.3 Å². The average Bonchev–Trinajstić information content (AvgIpc) is 3.79. The molecule has 5 aliphatic rings. The molecule has 1 spiro atoms. The maximum absolute atomic E-state index is 16.4. The number of aromatic nitrogens is 4. The van der Waals surface area contributed by atoms with Gasteiger partial charge in [-0.1, -0.05) is 58.0 Å². The molecule has 4 N–H and O–H groups in total. The van der Waals surface area contributed by atoms with Crippen LogP contribution in [-0.2, 0) is 25.0 Å². The van der Waals surface area contributed by atoms with Crippen LogP contribution in [0.4, 0.5) is 27.2 Å². The number of nitrogens with one attached hydrogen (secondary N) is 4. The molecule has 0 radical (unpaired) electrons. The number of imidazole rings is 2. The molecule has 3 fully saturated rings. The predicted molar refractivity (Wildman–Crippen MR) is 235 cm³/mol. The highest BCUT2D eigenvalue weighted by Crippen LogP contribution is 2.60. The second kappa shape index (κ2) is 16.6. The van der Waals surface area contributed by atoms with Crippen LogP contribution in [0.2, 0.25) is 0 Å². The standard InChI is InChI=1S/C48H54F4N8O6/c1-24(2)38(57-44(63)65-5)42(61)59-17-7-8-36(59)41-54-33-14-11-27(20-34(33)55-41)26-9-12-29-30-13-10-28(19-32(30)48(51,52)47(49,50)31(29)18-26)35-22-53-40(56-35)37-21-46(15-16-46)23-60(37)43(62)39(25(3)4)58-45(64)66-6/h9-14,19-20,22,24-26,36-39H,7-8,15-18,21,23H2,1-6H3,(H,53,56)(H,54,55)(H,57,63)(H,58,64)/t26?,36?,37?,38-,39?/m0/s1. The van der Waals surface area contributed by atoms with Gasteiger partial charge in [0.05, 0.1) is 49.2 Å². The second-order valence-electron chi connectivity index (χ2n) is 19.1. The third-order valence-corrected chi connectivity index (χ3v) is 14.2. The van der Waals surface area contributed by atoms with Gasteiger partial charge in [0.15, 0.2) is 0 Å². The zero-order valence-electron chi connectivity index (χ0n) is 37.6. The molecular weight excluding hydrogens is 861 g/mol. The van der Waals surface area contributed by atoms with Crippen molar-refractivity contribution in [3.05, 3.63) is 88.7 Å². The van der Waals surface area contributed by atoms with E-state index in [4.69, 9.17) is 14.5 Å². The largest absolute Gasteiger partial charge is 0.453 e. The minimum absolute atomic E-state index is 0.0194. The van der Waals surface area contributed by atoms with Gasteiger partial charge in [0.2, 0.25) is 11.8 Å². The van der Waals surface area contributed by atoms with E-state index in [2.05, 4.69) is 25.6 Å². The summed E-state index contributed by atoms with van der Waals surface area (Å²) in [4.78, 5) is 71.1. The third kappa shape index (κ3) is 7.68. The van der Waals surface area contributed by atoms with Crippen LogP contribution < -0.4 is 10.6 Å². The van der Waals surface area contributed by atoms with Crippen molar-refractivity contribution in [1.29, 1.82) is 0 Å². The summed E-state index contributed by atoms with van der Waals surface area (Å²) in [5.41, 5.74) is 0.982. The molecule has 2 aromatic carbocycles. The summed E-state index contributed by atoms with van der Waals surface area (Å²) in [6, 6.07) is 6.94. The zero-order valence-corrected chi connectivity index (χ0v) is 37.6. The van der Waals surface area contributed by atoms with E-state index in [9.17, 15) is 19.2 Å². The van der Waals surface area contributed by atoms with E-state index >= 15 is 17.6 Å². The number of methoxy groups -OCH3 is 2. The lowest BCUT2D eigenvalue weighted by atomic mass is 9.73. The molecule has 5 atom stereocenters. The van der Waals surface area contributed by atoms with Gasteiger partial charge < -0.3 is 39.9 Å². The summed E-state index contributed by atoms with van der Waals surface area (Å²) in [7, 11) is 2.46. The summed E-state index contributed by atoms with van der Waals surface area (Å²) in [6.07, 6.45) is 6.83. The lowest BCUT2D eigenvalue weighted by Crippen LogP contribution is -2.51. The monoisotopic (exact) mass is 914 g/mol. The van der Waals surface area contributed by atoms with E-state index in [1.54, 1.807) is 40.1 Å². The minimum atomic E-state index is -4.55. The number of benzene rings is 2. The van der Waals surface area contributed by atoms with Crippen LogP contribution >= 0.6 is 0 Å². The van der Waals surface area contributed by atoms with Crippen LogP contribution in [0.15, 0.2) is 60.3 Å². The van der Waals surface area contributed by atoms with E-state index in [0.717, 1.165) is 25.3 Å². The van der Waals surface area contributed by atoms with Crippen molar-refractivity contribution in [2.45, 2.75) is 108 Å². The molecule has 66 heavy (non-hydrogen) atoms. The van der Waals surface area contributed by atoms with Crippen molar-refractivity contribution in [3.63, 3.8) is 0 Å². The Morgan fingerprint density at radius 3 is 2.17 bits per heavy atom. The number of allylic oxidation sites excluding steroid dienone is 4. The van der Waals surface area contributed by atoms with Crippen LogP contribution in [0.3, 0.4) is 0 Å². The van der Waals surface area contributed by atoms with Gasteiger partial charge in [0, 0.05) is 35.7 Å². The highest BCUT2D eigenvalue weighted by atomic mass is 19.3. The molecule has 14 nitrogen and oxygen atoms in total. The van der Waals surface area contributed by atoms with Crippen LogP contribution in [-0.4, -0.2) is 99.1 Å². The number of hydrogen-bond donors (Lipinski definition) is 4. The van der Waals surface area contributed by atoms with Crippen LogP contribution in [0, 0.1) is 17.3 Å². The number of rotatable bonds is 10. The fourth-order valence-electron chi connectivity index (χ4n) is 10.3. The summed E-state index contributed by atoms with van der Waals surface area (Å²) in [5.74, 6) is -9.70. The first kappa shape index (κ1) is 45.0. The van der Waals surface area contributed by atoms with E-state index in [0.29, 0.717) is 59.9 Å². The van der Waals surface area contributed by atoms with Crippen molar-refractivity contribution in [2.75, 3.05) is 27.3 Å². The molecule has 2 aromatic heterocycles. The number of halogens is 4. The second-order valence-corrected chi connectivity index (χ2v) is 19.1. The number of fused-ring (bicyclic) bond motifs is 3. The quantitative estimate of drug-likeness (QED) is 0.114. The summed E-state index contributed by atoms with van der Waals surface area (Å²) in [5, 5.41) is 5.29. The van der Waals surface area contributed by atoms with Gasteiger partial charge in [-0.3, -0.25) is 9.59 Å². The topological polar surface area (TPSA) is 175 Å². The lowest BCUT2D eigenvalue weighted by Gasteiger charge is -2.39. The van der Waals surface area contributed by atoms with Crippen LogP contribution in [0.5, 0.6) is 0 Å². The number of ether oxygens (including phenoxy) is 2. The number of nitrogens with zero attached hydrogens (tertiary/aromatic N) is 4. The number of carbonyl (C=O) groups is 4. The molecular formula is C48H54F4N8O6. The fraction of sp³-hybridized carbons (Fsp3) is 0.500. The van der Waals surface area contributed by atoms with E-state index < -0.39 is 59.2 Å². The maximum atomic E-state index is 16.4. The smallest absolute Gasteiger partial charge is 0.407 e. The Kier molecular flexibility index (Phi) is 11.3. The van der Waals surface area contributed by atoms with E-state index in [1.807, 2.05) is 27.7 Å². The van der Waals surface area contributed by atoms with Gasteiger partial charge in [-0.25, -0.2) is 19.6 Å². The number of alkyl halides is 4. The summed E-state index contributed by atoms with van der Waals surface area (Å²) < 4.78 is 74.9. The molecule has 4 unspecified atom stereocenters. The lowest BCUT2D eigenvalue weighted by molar-refractivity contribution is -0.196. The van der Waals surface area contributed by atoms with Gasteiger partial charge in [-0.15, -0.1) is 0 Å². The summed E-state index contributed by atoms with van der Waals surface area (Å²) >= 11 is 0. The van der Waals surface area contributed by atoms with Gasteiger partial charge in [-0.2, -0.15) is 17.6 Å². The molecule has 350 valence electrons. The first-order valence-electron chi connectivity index (χ1n) is 22.5. The third-order valence-electron chi connectivity index (χ3n) is 14.2. The van der Waals surface area contributed by atoms with E-state index in [-0.39, 0.29) is 58.2 Å². The van der Waals surface area contributed by atoms with Gasteiger partial charge >= 0.3 is 24.0 Å². The first-order valence-corrected chi connectivity index (χ1v) is 22.5. The van der Waals surface area contributed by atoms with Gasteiger partial charge in [0.1, 0.15) is 23.7 Å². The number of likely N-dealkylation sites (tertiary alicyclic amines) is 2. The molecule has 9 rings (SSSR count). The van der Waals surface area contributed by atoms with Crippen LogP contribution in [0.1, 0.15) is 113 Å². The van der Waals surface area contributed by atoms with E-state index in [1.165, 1.54) is 32.6 Å². The summed E-state index contributed by atoms with van der Waals surface area (Å²) in [6.45, 7) is 8.26. The molecule has 1 saturated carbocycles. The highest BCUT2D eigenvalue weighted by molar-refractivity contribution is 5.88. The molecule has 3 aliphatic carbocycles. The first-order chi connectivity index (χ1) is 31.4. The normalized spacial score (nSPS) is 23.2. The Morgan fingerprint density at radius 1 is 0.833 bits per heavy atom. The Hall–Kier alpha value is -6.20. The maximum Gasteiger partial charge on any atom is 0.407 e. The van der Waals surface area contributed by atoms with Crippen molar-refractivity contribution < 1.29 is 46.2 Å². The molecule has 4 heterocycles. The van der Waals surface area contributed by atoms with Crippen LogP contribution in [0.25, 0.3) is 27.9 Å². The van der Waals surface area contributed by atoms with Crippen molar-refractivity contribution in [1.82, 2.24) is 40.4 Å². The molecule has 2 aliphatic heterocycles. The Morgan fingerprint density at radius 2 is 1.52 bits per heavy atom. The van der Waals surface area contributed by atoms with Crippen molar-refractivity contribution in [2.24, 2.45) is 17.3 Å². The predicted octanol–water partition coefficient (Wildman–Crippen LogP) is 8.67. The number of hydrogen-bond acceptors (Lipinski definition) is 8. The molecule has 4 amide bonds. The number of aromatic amines is 2. The number of carbonyl (C=O) groups excluding carboxylic acids is 4. The van der Waals surface area contributed by atoms with Crippen molar-refractivity contribution >= 4 is 40.6 Å². The highest BCUT2D eigenvalue weighted by Gasteiger charge is 2.64. The average molecular weight is 915 g/mol. The number of alkyl carbamates (subject to hydrolysis) is 2. The molecule has 18 heteroatoms.